The van der Waals surface area contributed by atoms with Crippen molar-refractivity contribution >= 4 is 17.2 Å². The van der Waals surface area contributed by atoms with Gasteiger partial charge in [0.1, 0.15) is 0 Å². The highest BCUT2D eigenvalue weighted by Gasteiger charge is 2.14. The van der Waals surface area contributed by atoms with Crippen molar-refractivity contribution in [3.8, 4) is 16.1 Å². The molecule has 0 radical (unpaired) electrons. The van der Waals surface area contributed by atoms with Crippen LogP contribution in [0, 0.1) is 6.92 Å². The predicted octanol–water partition coefficient (Wildman–Crippen LogP) is 5.74. The summed E-state index contributed by atoms with van der Waals surface area (Å²) in [4.78, 5) is 32.0. The zero-order chi connectivity index (χ0) is 22.7. The second-order valence-electron chi connectivity index (χ2n) is 7.93. The Hall–Kier alpha value is -3.57. The van der Waals surface area contributed by atoms with E-state index < -0.39 is 0 Å². The molecule has 1 heterocycles. The molecule has 4 nitrogen and oxygen atoms in total. The van der Waals surface area contributed by atoms with E-state index in [9.17, 15) is 9.59 Å². The molecule has 0 saturated carbocycles. The van der Waals surface area contributed by atoms with Gasteiger partial charge in [-0.25, -0.2) is 0 Å². The van der Waals surface area contributed by atoms with Crippen molar-refractivity contribution in [2.24, 2.45) is 4.99 Å². The van der Waals surface area contributed by atoms with Gasteiger partial charge in [-0.05, 0) is 42.2 Å². The molecule has 0 aliphatic rings. The number of rotatable bonds is 4. The average molecular weight is 441 g/mol. The van der Waals surface area contributed by atoms with Crippen LogP contribution in [0.4, 0.5) is 0 Å². The number of nitrogens with zero attached hydrogens (tertiary/aromatic N) is 2. The van der Waals surface area contributed by atoms with Crippen molar-refractivity contribution in [1.29, 1.82) is 0 Å². The predicted molar refractivity (Wildman–Crippen MR) is 131 cm³/mol. The molecule has 0 spiro atoms. The molecular weight excluding hydrogens is 416 g/mol. The number of benzene rings is 3. The summed E-state index contributed by atoms with van der Waals surface area (Å²) in [5, 5.41) is 0. The average Bonchev–Trinajstić information content (AvgIpc) is 2.79. The Morgan fingerprint density at radius 2 is 1.62 bits per heavy atom. The quantitative estimate of drug-likeness (QED) is 0.406. The van der Waals surface area contributed by atoms with Crippen LogP contribution in [-0.2, 0) is 0 Å². The van der Waals surface area contributed by atoms with Gasteiger partial charge < -0.3 is 0 Å². The fourth-order valence-electron chi connectivity index (χ4n) is 3.59. The van der Waals surface area contributed by atoms with Gasteiger partial charge in [-0.3, -0.25) is 14.2 Å². The normalized spacial score (nSPS) is 11.7. The molecule has 32 heavy (non-hydrogen) atoms. The molecule has 5 heteroatoms. The summed E-state index contributed by atoms with van der Waals surface area (Å²) in [6.07, 6.45) is 0. The zero-order valence-corrected chi connectivity index (χ0v) is 19.1. The molecule has 0 aliphatic carbocycles. The number of para-hydroxylation sites is 1. The number of hydrogen-bond acceptors (Lipinski definition) is 3. The van der Waals surface area contributed by atoms with Crippen LogP contribution in [0.15, 0.2) is 94.7 Å². The summed E-state index contributed by atoms with van der Waals surface area (Å²) in [6, 6.07) is 26.4. The van der Waals surface area contributed by atoms with Crippen LogP contribution >= 0.6 is 11.3 Å². The third kappa shape index (κ3) is 4.53. The number of aryl methyl sites for hydroxylation is 1. The minimum Gasteiger partial charge on any atom is -0.269 e. The van der Waals surface area contributed by atoms with E-state index >= 15 is 0 Å². The molecule has 160 valence electrons. The summed E-state index contributed by atoms with van der Waals surface area (Å²) in [6.45, 7) is 6.10. The van der Waals surface area contributed by atoms with Crippen LogP contribution in [0.1, 0.15) is 41.3 Å². The highest BCUT2D eigenvalue weighted by molar-refractivity contribution is 7.12. The molecule has 0 unspecified atom stereocenters. The maximum atomic E-state index is 13.4. The van der Waals surface area contributed by atoms with Crippen molar-refractivity contribution in [2.45, 2.75) is 26.7 Å². The molecule has 1 aromatic heterocycles. The van der Waals surface area contributed by atoms with Gasteiger partial charge in [0.05, 0.1) is 5.69 Å². The first-order valence-corrected chi connectivity index (χ1v) is 11.3. The summed E-state index contributed by atoms with van der Waals surface area (Å²) in [7, 11) is 0. The van der Waals surface area contributed by atoms with E-state index in [0.29, 0.717) is 10.4 Å². The first-order chi connectivity index (χ1) is 15.4. The Kier molecular flexibility index (Phi) is 6.28. The van der Waals surface area contributed by atoms with E-state index in [1.165, 1.54) is 11.3 Å². The van der Waals surface area contributed by atoms with Crippen molar-refractivity contribution in [1.82, 2.24) is 4.57 Å². The molecule has 0 aliphatic heterocycles. The number of hydrogen-bond donors (Lipinski definition) is 0. The van der Waals surface area contributed by atoms with E-state index in [1.54, 1.807) is 16.7 Å². The van der Waals surface area contributed by atoms with Crippen LogP contribution in [-0.4, -0.2) is 10.5 Å². The minimum atomic E-state index is -0.370. The summed E-state index contributed by atoms with van der Waals surface area (Å²) in [5.41, 5.74) is 3.95. The van der Waals surface area contributed by atoms with E-state index in [-0.39, 0.29) is 17.4 Å². The lowest BCUT2D eigenvalue weighted by atomic mass is 10.0. The van der Waals surface area contributed by atoms with Crippen LogP contribution in [0.2, 0.25) is 0 Å². The molecule has 0 atom stereocenters. The molecule has 3 aromatic carbocycles. The maximum Gasteiger partial charge on any atom is 0.279 e. The second-order valence-corrected chi connectivity index (χ2v) is 8.94. The van der Waals surface area contributed by atoms with Gasteiger partial charge in [0, 0.05) is 16.5 Å². The fraction of sp³-hybridized carbons (Fsp3) is 0.148. The molecule has 0 N–H and O–H groups in total. The monoisotopic (exact) mass is 440 g/mol. The Morgan fingerprint density at radius 3 is 2.34 bits per heavy atom. The van der Waals surface area contributed by atoms with Crippen LogP contribution < -0.4 is 10.4 Å². The van der Waals surface area contributed by atoms with Crippen LogP contribution in [0.5, 0.6) is 0 Å². The highest BCUT2D eigenvalue weighted by Crippen LogP contribution is 2.23. The first kappa shape index (κ1) is 21.7. The summed E-state index contributed by atoms with van der Waals surface area (Å²) >= 11 is 1.33. The number of carbonyl (C=O) groups is 1. The smallest absolute Gasteiger partial charge is 0.269 e. The van der Waals surface area contributed by atoms with Crippen LogP contribution in [0.25, 0.3) is 16.1 Å². The highest BCUT2D eigenvalue weighted by atomic mass is 32.1. The van der Waals surface area contributed by atoms with E-state index in [0.717, 1.165) is 27.3 Å². The third-order valence-electron chi connectivity index (χ3n) is 5.19. The maximum absolute atomic E-state index is 13.4. The third-order valence-corrected chi connectivity index (χ3v) is 6.22. The first-order valence-electron chi connectivity index (χ1n) is 10.5. The number of carbonyl (C=O) groups excluding carboxylic acids is 1. The van der Waals surface area contributed by atoms with Crippen molar-refractivity contribution in [3.05, 3.63) is 117 Å². The fourth-order valence-corrected chi connectivity index (χ4v) is 4.61. The Labute approximate surface area is 191 Å². The summed E-state index contributed by atoms with van der Waals surface area (Å²) < 4.78 is 1.56. The van der Waals surface area contributed by atoms with Crippen molar-refractivity contribution in [2.75, 3.05) is 0 Å². The number of aromatic nitrogens is 1. The molecule has 4 rings (SSSR count). The van der Waals surface area contributed by atoms with E-state index in [2.05, 4.69) is 18.8 Å². The molecule has 0 bridgehead atoms. The minimum absolute atomic E-state index is 0.206. The van der Waals surface area contributed by atoms with Gasteiger partial charge in [0.25, 0.3) is 11.5 Å². The molecule has 0 saturated heterocycles. The summed E-state index contributed by atoms with van der Waals surface area (Å²) in [5.74, 6) is -0.164. The van der Waals surface area contributed by atoms with Gasteiger partial charge in [-0.15, -0.1) is 0 Å². The lowest BCUT2D eigenvalue weighted by molar-refractivity contribution is 0.0998. The Balaban J connectivity index is 2.00. The van der Waals surface area contributed by atoms with Gasteiger partial charge in [0.15, 0.2) is 0 Å². The van der Waals surface area contributed by atoms with E-state index in [1.807, 2.05) is 79.7 Å². The molecule has 0 fully saturated rings. The van der Waals surface area contributed by atoms with Crippen molar-refractivity contribution < 1.29 is 4.79 Å². The number of amides is 1. The van der Waals surface area contributed by atoms with Gasteiger partial charge in [0.2, 0.25) is 4.80 Å². The topological polar surface area (TPSA) is 51.4 Å². The zero-order valence-electron chi connectivity index (χ0n) is 18.3. The second kappa shape index (κ2) is 9.28. The van der Waals surface area contributed by atoms with Gasteiger partial charge >= 0.3 is 0 Å². The standard InChI is InChI=1S/C27H24N2O2S/c1-18(2)22-14-7-8-15-23(22)29-25(30)17-24(20-11-5-4-6-12-20)32-27(29)28-26(31)21-13-9-10-19(3)16-21/h4-18H,1-3H3. The van der Waals surface area contributed by atoms with Crippen molar-refractivity contribution in [3.63, 3.8) is 0 Å². The van der Waals surface area contributed by atoms with Crippen LogP contribution in [0.3, 0.4) is 0 Å². The molecular formula is C27H24N2O2S. The molecule has 4 aromatic rings. The van der Waals surface area contributed by atoms with Gasteiger partial charge in [-0.1, -0.05) is 91.4 Å². The SMILES string of the molecule is Cc1cccc(C(=O)N=c2sc(-c3ccccc3)cc(=O)n2-c2ccccc2C(C)C)c1. The van der Waals surface area contributed by atoms with E-state index in [4.69, 9.17) is 0 Å². The Morgan fingerprint density at radius 1 is 0.906 bits per heavy atom. The molecule has 1 amide bonds. The lowest BCUT2D eigenvalue weighted by Gasteiger charge is -2.15. The Bertz CT molecular complexity index is 1400. The van der Waals surface area contributed by atoms with Gasteiger partial charge in [-0.2, -0.15) is 4.99 Å². The largest absolute Gasteiger partial charge is 0.279 e. The lowest BCUT2D eigenvalue weighted by Crippen LogP contribution is -2.31.